The van der Waals surface area contributed by atoms with Gasteiger partial charge in [0.25, 0.3) is 5.56 Å². The van der Waals surface area contributed by atoms with E-state index in [1.165, 1.54) is 27.9 Å². The molecule has 0 spiro atoms. The Hall–Kier alpha value is -2.27. The van der Waals surface area contributed by atoms with Gasteiger partial charge in [0.2, 0.25) is 15.9 Å². The molecule has 0 fully saturated rings. The molecule has 0 unspecified atom stereocenters. The Morgan fingerprint density at radius 3 is 2.66 bits per heavy atom. The van der Waals surface area contributed by atoms with Crippen molar-refractivity contribution in [2.45, 2.75) is 25.3 Å². The van der Waals surface area contributed by atoms with Gasteiger partial charge in [-0.2, -0.15) is 4.31 Å². The predicted octanol–water partition coefficient (Wildman–Crippen LogP) is 2.78. The number of anilines is 1. The number of carbonyl (C=O) groups is 1. The zero-order chi connectivity index (χ0) is 21.2. The van der Waals surface area contributed by atoms with Gasteiger partial charge in [0, 0.05) is 30.4 Å². The molecule has 0 aliphatic carbocycles. The minimum atomic E-state index is -3.74. The second kappa shape index (κ2) is 8.62. The smallest absolute Gasteiger partial charge is 0.251 e. The molecule has 1 N–H and O–H groups in total. The number of pyridine rings is 1. The first kappa shape index (κ1) is 21.4. The first-order valence-corrected chi connectivity index (χ1v) is 11.4. The second-order valence-corrected chi connectivity index (χ2v) is 9.50. The number of hydrogen-bond donors (Lipinski definition) is 1. The largest absolute Gasteiger partial charge is 0.305 e. The number of thiazole rings is 1. The van der Waals surface area contributed by atoms with Crippen molar-refractivity contribution in [3.05, 3.63) is 51.9 Å². The van der Waals surface area contributed by atoms with Crippen LogP contribution in [0, 0.1) is 0 Å². The molecule has 11 heteroatoms. The molecule has 0 bridgehead atoms. The van der Waals surface area contributed by atoms with Gasteiger partial charge in [-0.1, -0.05) is 36.8 Å². The molecule has 0 saturated heterocycles. The summed E-state index contributed by atoms with van der Waals surface area (Å²) in [5, 5.41) is 3.57. The molecule has 0 aliphatic rings. The van der Waals surface area contributed by atoms with Gasteiger partial charge < -0.3 is 9.88 Å². The maximum atomic E-state index is 12.7. The van der Waals surface area contributed by atoms with Gasteiger partial charge in [-0.05, 0) is 24.3 Å². The Labute approximate surface area is 176 Å². The van der Waals surface area contributed by atoms with E-state index in [-0.39, 0.29) is 11.4 Å². The summed E-state index contributed by atoms with van der Waals surface area (Å²) in [6, 6.07) is 7.59. The van der Waals surface area contributed by atoms with Crippen LogP contribution in [-0.4, -0.2) is 41.3 Å². The second-order valence-electron chi connectivity index (χ2n) is 6.10. The van der Waals surface area contributed by atoms with Crippen LogP contribution in [0.1, 0.15) is 13.8 Å². The van der Waals surface area contributed by atoms with E-state index < -0.39 is 21.5 Å². The maximum absolute atomic E-state index is 12.7. The number of fused-ring (bicyclic) bond motifs is 1. The van der Waals surface area contributed by atoms with Crippen molar-refractivity contribution in [1.82, 2.24) is 13.9 Å². The van der Waals surface area contributed by atoms with Gasteiger partial charge in [-0.3, -0.25) is 9.59 Å². The Bertz CT molecular complexity index is 1220. The molecule has 1 amide bonds. The number of rotatable bonds is 7. The van der Waals surface area contributed by atoms with Crippen LogP contribution in [0.15, 0.2) is 46.2 Å². The van der Waals surface area contributed by atoms with Gasteiger partial charge in [0.1, 0.15) is 6.54 Å². The third-order valence-corrected chi connectivity index (χ3v) is 7.41. The lowest BCUT2D eigenvalue weighted by Crippen LogP contribution is -2.33. The average Bonchev–Trinajstić information content (AvgIpc) is 3.05. The number of hydrogen-bond acceptors (Lipinski definition) is 6. The molecular weight excluding hydrogens is 436 g/mol. The summed E-state index contributed by atoms with van der Waals surface area (Å²) in [5.41, 5.74) is 0.217. The summed E-state index contributed by atoms with van der Waals surface area (Å²) in [6.07, 6.45) is 1.19. The Balaban J connectivity index is 1.81. The number of halogens is 1. The van der Waals surface area contributed by atoms with Crippen LogP contribution in [0.5, 0.6) is 0 Å². The Morgan fingerprint density at radius 1 is 1.24 bits per heavy atom. The van der Waals surface area contributed by atoms with Gasteiger partial charge in [0.15, 0.2) is 5.13 Å². The normalized spacial score (nSPS) is 11.9. The average molecular weight is 455 g/mol. The van der Waals surface area contributed by atoms with Gasteiger partial charge in [-0.25, -0.2) is 13.4 Å². The molecule has 29 heavy (non-hydrogen) atoms. The monoisotopic (exact) mass is 454 g/mol. The van der Waals surface area contributed by atoms with E-state index in [2.05, 4.69) is 10.3 Å². The fourth-order valence-electron chi connectivity index (χ4n) is 2.76. The molecule has 3 aromatic rings. The topological polar surface area (TPSA) is 101 Å². The number of benzene rings is 1. The van der Waals surface area contributed by atoms with Crippen molar-refractivity contribution >= 4 is 54.2 Å². The molecule has 1 aromatic carbocycles. The van der Waals surface area contributed by atoms with Crippen LogP contribution in [0.2, 0.25) is 5.02 Å². The standard InChI is InChI=1S/C18H19ClN4O4S2/c1-3-23(4-2)29(26,27)13-6-8-17(25)22(10-13)11-16(24)21-18-20-14-7-5-12(19)9-15(14)28-18/h5-10H,3-4,11H2,1-2H3,(H,20,21,24). The lowest BCUT2D eigenvalue weighted by molar-refractivity contribution is -0.116. The zero-order valence-electron chi connectivity index (χ0n) is 15.8. The number of sulfonamides is 1. The highest BCUT2D eigenvalue weighted by molar-refractivity contribution is 7.89. The maximum Gasteiger partial charge on any atom is 0.251 e. The number of carbonyl (C=O) groups excluding carboxylic acids is 1. The minimum absolute atomic E-state index is 0.0387. The lowest BCUT2D eigenvalue weighted by Gasteiger charge is -2.18. The van der Waals surface area contributed by atoms with Crippen LogP contribution < -0.4 is 10.9 Å². The van der Waals surface area contributed by atoms with Crippen molar-refractivity contribution in [2.75, 3.05) is 18.4 Å². The van der Waals surface area contributed by atoms with Crippen molar-refractivity contribution in [2.24, 2.45) is 0 Å². The van der Waals surface area contributed by atoms with Gasteiger partial charge in [-0.15, -0.1) is 0 Å². The molecule has 0 saturated carbocycles. The summed E-state index contributed by atoms with van der Waals surface area (Å²) in [4.78, 5) is 28.8. The summed E-state index contributed by atoms with van der Waals surface area (Å²) in [7, 11) is -3.74. The molecule has 8 nitrogen and oxygen atoms in total. The van der Waals surface area contributed by atoms with E-state index >= 15 is 0 Å². The first-order valence-electron chi connectivity index (χ1n) is 8.81. The van der Waals surface area contributed by atoms with E-state index in [1.807, 2.05) is 0 Å². The molecule has 3 rings (SSSR count). The fourth-order valence-corrected chi connectivity index (χ4v) is 5.40. The predicted molar refractivity (Wildman–Crippen MR) is 114 cm³/mol. The van der Waals surface area contributed by atoms with E-state index in [0.29, 0.717) is 28.8 Å². The summed E-state index contributed by atoms with van der Waals surface area (Å²) >= 11 is 7.21. The lowest BCUT2D eigenvalue weighted by atomic mass is 10.3. The van der Waals surface area contributed by atoms with Crippen LogP contribution in [0.25, 0.3) is 10.2 Å². The number of aromatic nitrogens is 2. The fraction of sp³-hybridized carbons (Fsp3) is 0.278. The quantitative estimate of drug-likeness (QED) is 0.591. The first-order chi connectivity index (χ1) is 13.7. The molecule has 0 aliphatic heterocycles. The van der Waals surface area contributed by atoms with Crippen molar-refractivity contribution in [3.63, 3.8) is 0 Å². The van der Waals surface area contributed by atoms with E-state index in [9.17, 15) is 18.0 Å². The van der Waals surface area contributed by atoms with Crippen molar-refractivity contribution in [1.29, 1.82) is 0 Å². The number of amides is 1. The van der Waals surface area contributed by atoms with Gasteiger partial charge >= 0.3 is 0 Å². The molecule has 0 radical (unpaired) electrons. The third-order valence-electron chi connectivity index (χ3n) is 4.21. The van der Waals surface area contributed by atoms with Gasteiger partial charge in [0.05, 0.1) is 15.1 Å². The van der Waals surface area contributed by atoms with E-state index in [1.54, 1.807) is 32.0 Å². The SMILES string of the molecule is CCN(CC)S(=O)(=O)c1ccc(=O)n(CC(=O)Nc2nc3ccc(Cl)cc3s2)c1. The number of nitrogens with zero attached hydrogens (tertiary/aromatic N) is 3. The van der Waals surface area contributed by atoms with Crippen LogP contribution >= 0.6 is 22.9 Å². The zero-order valence-corrected chi connectivity index (χ0v) is 18.1. The highest BCUT2D eigenvalue weighted by atomic mass is 35.5. The van der Waals surface area contributed by atoms with E-state index in [4.69, 9.17) is 11.6 Å². The molecule has 2 aromatic heterocycles. The van der Waals surface area contributed by atoms with E-state index in [0.717, 1.165) is 15.3 Å². The van der Waals surface area contributed by atoms with Crippen molar-refractivity contribution < 1.29 is 13.2 Å². The molecule has 2 heterocycles. The third kappa shape index (κ3) is 4.67. The number of nitrogens with one attached hydrogen (secondary N) is 1. The van der Waals surface area contributed by atoms with Crippen molar-refractivity contribution in [3.8, 4) is 0 Å². The van der Waals surface area contributed by atoms with Crippen LogP contribution in [0.4, 0.5) is 5.13 Å². The molecular formula is C18H19ClN4O4S2. The Kier molecular flexibility index (Phi) is 6.37. The van der Waals surface area contributed by atoms with Crippen LogP contribution in [0.3, 0.4) is 0 Å². The highest BCUT2D eigenvalue weighted by Crippen LogP contribution is 2.28. The molecule has 154 valence electrons. The summed E-state index contributed by atoms with van der Waals surface area (Å²) in [5.74, 6) is -0.491. The molecule has 0 atom stereocenters. The summed E-state index contributed by atoms with van der Waals surface area (Å²) in [6.45, 7) is 3.74. The Morgan fingerprint density at radius 2 is 1.97 bits per heavy atom. The van der Waals surface area contributed by atoms with Crippen LogP contribution in [-0.2, 0) is 21.4 Å². The summed E-state index contributed by atoms with van der Waals surface area (Å²) < 4.78 is 28.5. The highest BCUT2D eigenvalue weighted by Gasteiger charge is 2.22. The minimum Gasteiger partial charge on any atom is -0.305 e.